The normalized spacial score (nSPS) is 9.65. The zero-order valence-corrected chi connectivity index (χ0v) is 11.1. The van der Waals surface area contributed by atoms with Gasteiger partial charge in [0.2, 0.25) is 0 Å². The summed E-state index contributed by atoms with van der Waals surface area (Å²) in [6, 6.07) is -0.807. The van der Waals surface area contributed by atoms with Crippen LogP contribution in [-0.2, 0) is 19.1 Å². The topological polar surface area (TPSA) is 133 Å². The van der Waals surface area contributed by atoms with E-state index in [-0.39, 0.29) is 19.6 Å². The van der Waals surface area contributed by atoms with Crippen LogP contribution in [0.1, 0.15) is 19.8 Å². The number of aliphatic carboxylic acids is 2. The number of carboxylic acid groups (broad SMARTS) is 2. The van der Waals surface area contributed by atoms with Crippen LogP contribution in [-0.4, -0.2) is 65.3 Å². The molecule has 0 heterocycles. The van der Waals surface area contributed by atoms with Crippen molar-refractivity contribution in [2.45, 2.75) is 19.8 Å². The van der Waals surface area contributed by atoms with Gasteiger partial charge in [-0.15, -0.1) is 0 Å². The summed E-state index contributed by atoms with van der Waals surface area (Å²) in [5.41, 5.74) is 0. The van der Waals surface area contributed by atoms with Gasteiger partial charge in [0.25, 0.3) is 0 Å². The number of amides is 2. The Balaban J connectivity index is 4.09. The average Bonchev–Trinajstić information content (AvgIpc) is 2.32. The molecule has 0 aromatic heterocycles. The summed E-state index contributed by atoms with van der Waals surface area (Å²) in [5, 5.41) is 19.5. The molecule has 0 rings (SSSR count). The summed E-state index contributed by atoms with van der Waals surface area (Å²) in [7, 11) is 0. The predicted octanol–water partition coefficient (Wildman–Crippen LogP) is -0.489. The van der Waals surface area contributed by atoms with Gasteiger partial charge in [-0.3, -0.25) is 14.4 Å². The quantitative estimate of drug-likeness (QED) is 0.385. The van der Waals surface area contributed by atoms with Crippen LogP contribution in [0.3, 0.4) is 0 Å². The monoisotopic (exact) mass is 290 g/mol. The van der Waals surface area contributed by atoms with Crippen LogP contribution < -0.4 is 5.32 Å². The predicted molar refractivity (Wildman–Crippen MR) is 66.1 cm³/mol. The van der Waals surface area contributed by atoms with Crippen molar-refractivity contribution in [3.63, 3.8) is 0 Å². The number of esters is 1. The molecule has 9 heteroatoms. The number of carboxylic acids is 2. The Morgan fingerprint density at radius 2 is 1.65 bits per heavy atom. The largest absolute Gasteiger partial charge is 0.480 e. The maximum atomic E-state index is 11.6. The highest BCUT2D eigenvalue weighted by Crippen LogP contribution is 1.94. The highest BCUT2D eigenvalue weighted by atomic mass is 16.5. The molecule has 0 unspecified atom stereocenters. The van der Waals surface area contributed by atoms with Gasteiger partial charge in [0.1, 0.15) is 13.1 Å². The van der Waals surface area contributed by atoms with Gasteiger partial charge in [-0.25, -0.2) is 4.79 Å². The lowest BCUT2D eigenvalue weighted by Crippen LogP contribution is -2.45. The summed E-state index contributed by atoms with van der Waals surface area (Å²) < 4.78 is 4.68. The molecule has 0 spiro atoms. The molecule has 0 aliphatic heterocycles. The molecule has 0 saturated carbocycles. The zero-order chi connectivity index (χ0) is 15.5. The Hall–Kier alpha value is -2.32. The number of carbonyl (C=O) groups excluding carboxylic acids is 2. The van der Waals surface area contributed by atoms with E-state index in [2.05, 4.69) is 10.1 Å². The van der Waals surface area contributed by atoms with Crippen molar-refractivity contribution in [2.75, 3.05) is 26.2 Å². The van der Waals surface area contributed by atoms with E-state index in [1.165, 1.54) is 0 Å². The summed E-state index contributed by atoms with van der Waals surface area (Å²) in [5.74, 6) is -3.02. The highest BCUT2D eigenvalue weighted by Gasteiger charge is 2.19. The number of nitrogens with zero attached hydrogens (tertiary/aromatic N) is 1. The Kier molecular flexibility index (Phi) is 8.48. The first-order chi connectivity index (χ1) is 9.36. The van der Waals surface area contributed by atoms with Gasteiger partial charge in [-0.05, 0) is 13.3 Å². The molecule has 0 fully saturated rings. The maximum Gasteiger partial charge on any atom is 0.323 e. The van der Waals surface area contributed by atoms with Gasteiger partial charge in [-0.1, -0.05) is 0 Å². The molecule has 20 heavy (non-hydrogen) atoms. The van der Waals surface area contributed by atoms with E-state index in [0.717, 1.165) is 0 Å². The molecule has 114 valence electrons. The van der Waals surface area contributed by atoms with Crippen molar-refractivity contribution < 1.29 is 34.1 Å². The Bertz CT molecular complexity index is 354. The van der Waals surface area contributed by atoms with E-state index in [1.54, 1.807) is 6.92 Å². The second-order valence-corrected chi connectivity index (χ2v) is 3.78. The van der Waals surface area contributed by atoms with Crippen molar-refractivity contribution >= 4 is 23.9 Å². The van der Waals surface area contributed by atoms with Crippen LogP contribution in [0.25, 0.3) is 0 Å². The van der Waals surface area contributed by atoms with E-state index >= 15 is 0 Å². The van der Waals surface area contributed by atoms with Gasteiger partial charge < -0.3 is 25.2 Å². The lowest BCUT2D eigenvalue weighted by atomic mass is 10.3. The third kappa shape index (κ3) is 8.72. The van der Waals surface area contributed by atoms with E-state index < -0.39 is 37.0 Å². The second-order valence-electron chi connectivity index (χ2n) is 3.78. The number of carbonyl (C=O) groups is 4. The SMILES string of the molecule is CCOC(=O)CCCNC(=O)N(CC(=O)O)CC(=O)O. The summed E-state index contributed by atoms with van der Waals surface area (Å²) >= 11 is 0. The van der Waals surface area contributed by atoms with Crippen LogP contribution in [0.4, 0.5) is 4.79 Å². The molecule has 3 N–H and O–H groups in total. The Labute approximate surface area is 115 Å². The standard InChI is InChI=1S/C11H18N2O7/c1-2-20-10(18)4-3-5-12-11(19)13(6-8(14)15)7-9(16)17/h2-7H2,1H3,(H,12,19)(H,14,15)(H,16,17). The zero-order valence-electron chi connectivity index (χ0n) is 11.1. The van der Waals surface area contributed by atoms with Crippen LogP contribution in [0.2, 0.25) is 0 Å². The minimum Gasteiger partial charge on any atom is -0.480 e. The fourth-order valence-electron chi connectivity index (χ4n) is 1.30. The van der Waals surface area contributed by atoms with Crippen molar-refractivity contribution in [3.05, 3.63) is 0 Å². The highest BCUT2D eigenvalue weighted by molar-refractivity contribution is 5.84. The number of ether oxygens (including phenoxy) is 1. The molecule has 0 aromatic carbocycles. The Morgan fingerprint density at radius 1 is 1.10 bits per heavy atom. The van der Waals surface area contributed by atoms with Gasteiger partial charge in [0.15, 0.2) is 0 Å². The third-order valence-corrected chi connectivity index (χ3v) is 2.08. The van der Waals surface area contributed by atoms with Crippen molar-refractivity contribution in [1.29, 1.82) is 0 Å². The molecule has 2 amide bonds. The fourth-order valence-corrected chi connectivity index (χ4v) is 1.30. The number of rotatable bonds is 9. The van der Waals surface area contributed by atoms with Crippen LogP contribution in [0.15, 0.2) is 0 Å². The second kappa shape index (κ2) is 9.59. The molecule has 0 aliphatic carbocycles. The van der Waals surface area contributed by atoms with Gasteiger partial charge in [-0.2, -0.15) is 0 Å². The average molecular weight is 290 g/mol. The fraction of sp³-hybridized carbons (Fsp3) is 0.636. The lowest BCUT2D eigenvalue weighted by molar-refractivity contribution is -0.143. The number of nitrogens with one attached hydrogen (secondary N) is 1. The smallest absolute Gasteiger partial charge is 0.323 e. The Morgan fingerprint density at radius 3 is 2.10 bits per heavy atom. The first-order valence-corrected chi connectivity index (χ1v) is 5.98. The van der Waals surface area contributed by atoms with Crippen molar-refractivity contribution in [1.82, 2.24) is 10.2 Å². The third-order valence-electron chi connectivity index (χ3n) is 2.08. The first-order valence-electron chi connectivity index (χ1n) is 5.98. The first kappa shape index (κ1) is 17.7. The van der Waals surface area contributed by atoms with Crippen LogP contribution in [0, 0.1) is 0 Å². The number of urea groups is 1. The molecular weight excluding hydrogens is 272 g/mol. The van der Waals surface area contributed by atoms with E-state index in [4.69, 9.17) is 10.2 Å². The molecule has 0 radical (unpaired) electrons. The van der Waals surface area contributed by atoms with E-state index in [0.29, 0.717) is 11.3 Å². The van der Waals surface area contributed by atoms with Crippen molar-refractivity contribution in [2.24, 2.45) is 0 Å². The molecule has 0 aromatic rings. The van der Waals surface area contributed by atoms with Gasteiger partial charge >= 0.3 is 23.9 Å². The summed E-state index contributed by atoms with van der Waals surface area (Å²) in [4.78, 5) is 44.2. The molecule has 0 bridgehead atoms. The molecule has 9 nitrogen and oxygen atoms in total. The van der Waals surface area contributed by atoms with Crippen LogP contribution >= 0.6 is 0 Å². The molecule has 0 aliphatic rings. The van der Waals surface area contributed by atoms with E-state index in [9.17, 15) is 19.2 Å². The lowest BCUT2D eigenvalue weighted by Gasteiger charge is -2.18. The minimum absolute atomic E-state index is 0.117. The molecule has 0 saturated heterocycles. The minimum atomic E-state index is -1.31. The molecule has 0 atom stereocenters. The van der Waals surface area contributed by atoms with Gasteiger partial charge in [0.05, 0.1) is 6.61 Å². The van der Waals surface area contributed by atoms with E-state index in [1.807, 2.05) is 0 Å². The van der Waals surface area contributed by atoms with Crippen molar-refractivity contribution in [3.8, 4) is 0 Å². The summed E-state index contributed by atoms with van der Waals surface area (Å²) in [6.07, 6.45) is 0.435. The molecular formula is C11H18N2O7. The summed E-state index contributed by atoms with van der Waals surface area (Å²) in [6.45, 7) is 0.644. The number of hydrogen-bond donors (Lipinski definition) is 3. The number of hydrogen-bond acceptors (Lipinski definition) is 5. The maximum absolute atomic E-state index is 11.6. The van der Waals surface area contributed by atoms with Crippen LogP contribution in [0.5, 0.6) is 0 Å². The van der Waals surface area contributed by atoms with Gasteiger partial charge in [0, 0.05) is 13.0 Å².